The molecule has 3 aromatic rings. The van der Waals surface area contributed by atoms with E-state index in [9.17, 15) is 9.59 Å². The molecule has 122 valence electrons. The standard InChI is InChI=1S/C20H19NO3/c1-11-7-14(4)19-16(8-11)17(22)10-18(24-19)20(23)21-15-6-5-12(2)13(3)9-15/h5-10H,1-4H3,(H,21,23). The first kappa shape index (κ1) is 16.0. The summed E-state index contributed by atoms with van der Waals surface area (Å²) in [5.41, 5.74) is 4.97. The van der Waals surface area contributed by atoms with E-state index in [1.54, 1.807) is 6.07 Å². The molecule has 0 aliphatic rings. The van der Waals surface area contributed by atoms with Gasteiger partial charge in [-0.3, -0.25) is 9.59 Å². The van der Waals surface area contributed by atoms with Gasteiger partial charge >= 0.3 is 0 Å². The average Bonchev–Trinajstić information content (AvgIpc) is 2.51. The number of rotatable bonds is 2. The Labute approximate surface area is 140 Å². The van der Waals surface area contributed by atoms with E-state index in [2.05, 4.69) is 5.32 Å². The number of nitrogens with one attached hydrogen (secondary N) is 1. The number of fused-ring (bicyclic) bond motifs is 1. The fourth-order valence-corrected chi connectivity index (χ4v) is 2.73. The third-order valence-electron chi connectivity index (χ3n) is 4.15. The molecule has 4 nitrogen and oxygen atoms in total. The molecule has 0 fully saturated rings. The minimum atomic E-state index is -0.433. The van der Waals surface area contributed by atoms with Gasteiger partial charge in [-0.15, -0.1) is 0 Å². The third kappa shape index (κ3) is 2.95. The molecule has 1 amide bonds. The van der Waals surface area contributed by atoms with Crippen LogP contribution in [0.1, 0.15) is 32.8 Å². The molecule has 0 spiro atoms. The number of benzene rings is 2. The van der Waals surface area contributed by atoms with Crippen molar-refractivity contribution in [2.24, 2.45) is 0 Å². The Morgan fingerprint density at radius 1 is 0.917 bits per heavy atom. The predicted molar refractivity (Wildman–Crippen MR) is 95.8 cm³/mol. The van der Waals surface area contributed by atoms with Crippen molar-refractivity contribution >= 4 is 22.6 Å². The zero-order valence-corrected chi connectivity index (χ0v) is 14.2. The van der Waals surface area contributed by atoms with E-state index in [1.807, 2.05) is 52.0 Å². The minimum Gasteiger partial charge on any atom is -0.450 e. The number of aryl methyl sites for hydroxylation is 4. The second-order valence-electron chi connectivity index (χ2n) is 6.19. The number of hydrogen-bond donors (Lipinski definition) is 1. The molecule has 0 atom stereocenters. The van der Waals surface area contributed by atoms with Crippen molar-refractivity contribution in [3.63, 3.8) is 0 Å². The lowest BCUT2D eigenvalue weighted by molar-refractivity contribution is 0.0997. The van der Waals surface area contributed by atoms with Gasteiger partial charge < -0.3 is 9.73 Å². The van der Waals surface area contributed by atoms with E-state index in [0.29, 0.717) is 16.7 Å². The highest BCUT2D eigenvalue weighted by Crippen LogP contribution is 2.20. The summed E-state index contributed by atoms with van der Waals surface area (Å²) in [5, 5.41) is 3.27. The first-order chi connectivity index (χ1) is 11.3. The molecule has 2 aromatic carbocycles. The summed E-state index contributed by atoms with van der Waals surface area (Å²) < 4.78 is 5.70. The summed E-state index contributed by atoms with van der Waals surface area (Å²) in [6.45, 7) is 7.77. The van der Waals surface area contributed by atoms with Gasteiger partial charge in [0.05, 0.1) is 5.39 Å². The summed E-state index contributed by atoms with van der Waals surface area (Å²) in [6, 6.07) is 10.6. The van der Waals surface area contributed by atoms with Crippen molar-refractivity contribution in [3.05, 3.63) is 74.6 Å². The van der Waals surface area contributed by atoms with Crippen LogP contribution in [0.3, 0.4) is 0 Å². The Morgan fingerprint density at radius 2 is 1.67 bits per heavy atom. The van der Waals surface area contributed by atoms with E-state index in [1.165, 1.54) is 6.07 Å². The lowest BCUT2D eigenvalue weighted by Crippen LogP contribution is -2.15. The van der Waals surface area contributed by atoms with Crippen molar-refractivity contribution < 1.29 is 9.21 Å². The van der Waals surface area contributed by atoms with Gasteiger partial charge in [-0.1, -0.05) is 12.1 Å². The number of amides is 1. The largest absolute Gasteiger partial charge is 0.450 e. The van der Waals surface area contributed by atoms with E-state index in [4.69, 9.17) is 4.42 Å². The number of hydrogen-bond acceptors (Lipinski definition) is 3. The molecular formula is C20H19NO3. The van der Waals surface area contributed by atoms with Gasteiger partial charge in [-0.2, -0.15) is 0 Å². The summed E-state index contributed by atoms with van der Waals surface area (Å²) in [4.78, 5) is 24.8. The quantitative estimate of drug-likeness (QED) is 0.766. The maximum atomic E-state index is 12.4. The van der Waals surface area contributed by atoms with Crippen LogP contribution in [0, 0.1) is 27.7 Å². The van der Waals surface area contributed by atoms with Gasteiger partial charge in [0.2, 0.25) is 0 Å². The Hall–Kier alpha value is -2.88. The average molecular weight is 321 g/mol. The van der Waals surface area contributed by atoms with Crippen molar-refractivity contribution in [3.8, 4) is 0 Å². The minimum absolute atomic E-state index is 0.0117. The van der Waals surface area contributed by atoms with E-state index in [0.717, 1.165) is 22.3 Å². The molecule has 4 heteroatoms. The van der Waals surface area contributed by atoms with Gasteiger partial charge in [-0.25, -0.2) is 0 Å². The number of carbonyl (C=O) groups excluding carboxylic acids is 1. The Morgan fingerprint density at radius 3 is 2.38 bits per heavy atom. The Balaban J connectivity index is 2.01. The lowest BCUT2D eigenvalue weighted by Gasteiger charge is -2.09. The molecular weight excluding hydrogens is 302 g/mol. The maximum absolute atomic E-state index is 12.4. The Bertz CT molecular complexity index is 1020. The molecule has 1 aromatic heterocycles. The van der Waals surface area contributed by atoms with Crippen molar-refractivity contribution in [1.29, 1.82) is 0 Å². The molecule has 3 rings (SSSR count). The lowest BCUT2D eigenvalue weighted by atomic mass is 10.1. The third-order valence-corrected chi connectivity index (χ3v) is 4.15. The van der Waals surface area contributed by atoms with Crippen molar-refractivity contribution in [2.45, 2.75) is 27.7 Å². The van der Waals surface area contributed by atoms with Crippen LogP contribution in [0.25, 0.3) is 11.0 Å². The highest BCUT2D eigenvalue weighted by atomic mass is 16.3. The number of anilines is 1. The molecule has 0 unspecified atom stereocenters. The summed E-state index contributed by atoms with van der Waals surface area (Å²) in [5.74, 6) is -0.421. The molecule has 0 radical (unpaired) electrons. The van der Waals surface area contributed by atoms with Crippen LogP contribution in [-0.4, -0.2) is 5.91 Å². The fraction of sp³-hybridized carbons (Fsp3) is 0.200. The van der Waals surface area contributed by atoms with Crippen molar-refractivity contribution in [2.75, 3.05) is 5.32 Å². The van der Waals surface area contributed by atoms with Crippen LogP contribution in [0.5, 0.6) is 0 Å². The smallest absolute Gasteiger partial charge is 0.291 e. The molecule has 24 heavy (non-hydrogen) atoms. The first-order valence-corrected chi connectivity index (χ1v) is 7.79. The van der Waals surface area contributed by atoms with E-state index >= 15 is 0 Å². The summed E-state index contributed by atoms with van der Waals surface area (Å²) >= 11 is 0. The monoisotopic (exact) mass is 321 g/mol. The molecule has 1 N–H and O–H groups in total. The maximum Gasteiger partial charge on any atom is 0.291 e. The van der Waals surface area contributed by atoms with Gasteiger partial charge in [0.25, 0.3) is 5.91 Å². The molecule has 0 aliphatic heterocycles. The SMILES string of the molecule is Cc1cc(C)c2oc(C(=O)Nc3ccc(C)c(C)c3)cc(=O)c2c1. The van der Waals surface area contributed by atoms with Crippen LogP contribution < -0.4 is 10.7 Å². The fourth-order valence-electron chi connectivity index (χ4n) is 2.73. The predicted octanol–water partition coefficient (Wildman–Crippen LogP) is 4.28. The summed E-state index contributed by atoms with van der Waals surface area (Å²) in [6.07, 6.45) is 0. The Kier molecular flexibility index (Phi) is 3.97. The van der Waals surface area contributed by atoms with Gasteiger partial charge in [0, 0.05) is 11.8 Å². The highest BCUT2D eigenvalue weighted by molar-refractivity contribution is 6.03. The first-order valence-electron chi connectivity index (χ1n) is 7.79. The zero-order valence-electron chi connectivity index (χ0n) is 14.2. The number of carbonyl (C=O) groups is 1. The van der Waals surface area contributed by atoms with Crippen molar-refractivity contribution in [1.82, 2.24) is 0 Å². The normalized spacial score (nSPS) is 10.8. The van der Waals surface area contributed by atoms with Crippen LogP contribution in [-0.2, 0) is 0 Å². The molecule has 0 aliphatic carbocycles. The van der Waals surface area contributed by atoms with E-state index in [-0.39, 0.29) is 11.2 Å². The summed E-state index contributed by atoms with van der Waals surface area (Å²) in [7, 11) is 0. The van der Waals surface area contributed by atoms with Gasteiger partial charge in [0.1, 0.15) is 5.58 Å². The van der Waals surface area contributed by atoms with Crippen LogP contribution in [0.4, 0.5) is 5.69 Å². The van der Waals surface area contributed by atoms with Gasteiger partial charge in [-0.05, 0) is 68.1 Å². The molecule has 0 bridgehead atoms. The second kappa shape index (κ2) is 5.96. The molecule has 1 heterocycles. The second-order valence-corrected chi connectivity index (χ2v) is 6.19. The zero-order chi connectivity index (χ0) is 17.4. The highest BCUT2D eigenvalue weighted by Gasteiger charge is 2.14. The molecule has 0 saturated heterocycles. The topological polar surface area (TPSA) is 59.3 Å². The molecule has 0 saturated carbocycles. The van der Waals surface area contributed by atoms with E-state index < -0.39 is 5.91 Å². The van der Waals surface area contributed by atoms with Crippen LogP contribution >= 0.6 is 0 Å². The van der Waals surface area contributed by atoms with Crippen LogP contribution in [0.15, 0.2) is 45.6 Å². The van der Waals surface area contributed by atoms with Crippen LogP contribution in [0.2, 0.25) is 0 Å². The van der Waals surface area contributed by atoms with Gasteiger partial charge in [0.15, 0.2) is 11.2 Å².